The molecule has 1 atom stereocenters. The standard InChI is InChI=1S/C21H19ClFN3O4/c1-28-15-5-6-16(18(9-15)29-2)21-24-20(25-30-21)13-7-19(27)26(11-13)10-12-3-4-14(23)8-17(12)22/h3-6,8-9,13H,7,10-11H2,1-2H3. The molecule has 9 heteroatoms. The fraction of sp³-hybridized carbons (Fsp3) is 0.286. The van der Waals surface area contributed by atoms with Gasteiger partial charge in [0.15, 0.2) is 5.82 Å². The van der Waals surface area contributed by atoms with Gasteiger partial charge in [-0.2, -0.15) is 4.98 Å². The van der Waals surface area contributed by atoms with Crippen LogP contribution in [0.25, 0.3) is 11.5 Å². The van der Waals surface area contributed by atoms with E-state index in [9.17, 15) is 9.18 Å². The third-order valence-corrected chi connectivity index (χ3v) is 5.39. The van der Waals surface area contributed by atoms with Gasteiger partial charge < -0.3 is 18.9 Å². The maximum absolute atomic E-state index is 13.3. The molecule has 1 saturated heterocycles. The molecule has 0 bridgehead atoms. The highest BCUT2D eigenvalue weighted by atomic mass is 35.5. The van der Waals surface area contributed by atoms with E-state index in [2.05, 4.69) is 10.1 Å². The first-order valence-corrected chi connectivity index (χ1v) is 9.64. The van der Waals surface area contributed by atoms with Crippen LogP contribution in [0.2, 0.25) is 5.02 Å². The molecule has 7 nitrogen and oxygen atoms in total. The molecule has 4 rings (SSSR count). The minimum atomic E-state index is -0.414. The highest BCUT2D eigenvalue weighted by Crippen LogP contribution is 2.34. The van der Waals surface area contributed by atoms with E-state index < -0.39 is 5.82 Å². The van der Waals surface area contributed by atoms with E-state index >= 15 is 0 Å². The van der Waals surface area contributed by atoms with Gasteiger partial charge in [-0.3, -0.25) is 4.79 Å². The molecule has 1 unspecified atom stereocenters. The number of amides is 1. The minimum absolute atomic E-state index is 0.0474. The van der Waals surface area contributed by atoms with Crippen molar-refractivity contribution in [2.45, 2.75) is 18.9 Å². The van der Waals surface area contributed by atoms with Crippen molar-refractivity contribution in [2.75, 3.05) is 20.8 Å². The summed E-state index contributed by atoms with van der Waals surface area (Å²) in [4.78, 5) is 18.6. The Morgan fingerprint density at radius 3 is 2.80 bits per heavy atom. The van der Waals surface area contributed by atoms with E-state index in [4.69, 9.17) is 25.6 Å². The first-order valence-electron chi connectivity index (χ1n) is 9.26. The van der Waals surface area contributed by atoms with Crippen molar-refractivity contribution in [1.82, 2.24) is 15.0 Å². The van der Waals surface area contributed by atoms with Crippen molar-refractivity contribution < 1.29 is 23.2 Å². The Morgan fingerprint density at radius 2 is 2.07 bits per heavy atom. The van der Waals surface area contributed by atoms with Crippen molar-refractivity contribution in [3.05, 3.63) is 58.6 Å². The lowest BCUT2D eigenvalue weighted by Crippen LogP contribution is -2.24. The Morgan fingerprint density at radius 1 is 1.23 bits per heavy atom. The van der Waals surface area contributed by atoms with Crippen LogP contribution in [0.1, 0.15) is 23.7 Å². The van der Waals surface area contributed by atoms with Gasteiger partial charge in [0.2, 0.25) is 5.91 Å². The maximum Gasteiger partial charge on any atom is 0.261 e. The summed E-state index contributed by atoms with van der Waals surface area (Å²) >= 11 is 6.09. The maximum atomic E-state index is 13.3. The fourth-order valence-electron chi connectivity index (χ4n) is 3.44. The smallest absolute Gasteiger partial charge is 0.261 e. The van der Waals surface area contributed by atoms with Gasteiger partial charge in [0.05, 0.1) is 19.8 Å². The molecule has 1 amide bonds. The van der Waals surface area contributed by atoms with Crippen LogP contribution in [0.3, 0.4) is 0 Å². The lowest BCUT2D eigenvalue weighted by Gasteiger charge is -2.17. The fourth-order valence-corrected chi connectivity index (χ4v) is 3.67. The number of rotatable bonds is 6. The van der Waals surface area contributed by atoms with Gasteiger partial charge in [0, 0.05) is 36.5 Å². The van der Waals surface area contributed by atoms with Crippen molar-refractivity contribution in [3.8, 4) is 23.0 Å². The number of nitrogens with zero attached hydrogens (tertiary/aromatic N) is 3. The Hall–Kier alpha value is -3.13. The van der Waals surface area contributed by atoms with E-state index in [0.717, 1.165) is 0 Å². The van der Waals surface area contributed by atoms with Gasteiger partial charge in [-0.25, -0.2) is 4.39 Å². The molecule has 0 N–H and O–H groups in total. The Labute approximate surface area is 177 Å². The molecule has 0 saturated carbocycles. The largest absolute Gasteiger partial charge is 0.497 e. The average Bonchev–Trinajstić information content (AvgIpc) is 3.36. The number of likely N-dealkylation sites (tertiary alicyclic amines) is 1. The quantitative estimate of drug-likeness (QED) is 0.585. The van der Waals surface area contributed by atoms with Crippen LogP contribution >= 0.6 is 11.6 Å². The van der Waals surface area contributed by atoms with Gasteiger partial charge in [0.25, 0.3) is 5.89 Å². The number of halogens is 2. The summed E-state index contributed by atoms with van der Waals surface area (Å²) in [7, 11) is 3.12. The van der Waals surface area contributed by atoms with Crippen molar-refractivity contribution in [2.24, 2.45) is 0 Å². The number of ether oxygens (including phenoxy) is 2. The molecule has 156 valence electrons. The lowest BCUT2D eigenvalue weighted by molar-refractivity contribution is -0.128. The number of hydrogen-bond donors (Lipinski definition) is 0. The molecule has 0 aliphatic carbocycles. The predicted molar refractivity (Wildman–Crippen MR) is 107 cm³/mol. The summed E-state index contributed by atoms with van der Waals surface area (Å²) < 4.78 is 29.3. The SMILES string of the molecule is COc1ccc(-c2nc(C3CC(=O)N(Cc4ccc(F)cc4Cl)C3)no2)c(OC)c1. The second-order valence-electron chi connectivity index (χ2n) is 6.93. The zero-order valence-electron chi connectivity index (χ0n) is 16.4. The third kappa shape index (κ3) is 3.95. The molecular weight excluding hydrogens is 413 g/mol. The summed E-state index contributed by atoms with van der Waals surface area (Å²) in [6.45, 7) is 0.719. The lowest BCUT2D eigenvalue weighted by atomic mass is 10.1. The van der Waals surface area contributed by atoms with Crippen LogP contribution in [0.4, 0.5) is 4.39 Å². The van der Waals surface area contributed by atoms with Crippen LogP contribution in [-0.2, 0) is 11.3 Å². The number of hydrogen-bond acceptors (Lipinski definition) is 6. The summed E-state index contributed by atoms with van der Waals surface area (Å²) in [5, 5.41) is 4.36. The minimum Gasteiger partial charge on any atom is -0.497 e. The molecule has 2 aromatic carbocycles. The molecular formula is C21H19ClFN3O4. The summed E-state index contributed by atoms with van der Waals surface area (Å²) in [5.41, 5.74) is 1.32. The highest BCUT2D eigenvalue weighted by molar-refractivity contribution is 6.31. The Balaban J connectivity index is 1.51. The molecule has 1 aliphatic rings. The van der Waals surface area contributed by atoms with Gasteiger partial charge in [-0.1, -0.05) is 22.8 Å². The van der Waals surface area contributed by atoms with Gasteiger partial charge in [-0.05, 0) is 29.8 Å². The van der Waals surface area contributed by atoms with Crippen LogP contribution in [0.5, 0.6) is 11.5 Å². The number of carbonyl (C=O) groups is 1. The van der Waals surface area contributed by atoms with Gasteiger partial charge >= 0.3 is 0 Å². The molecule has 3 aromatic rings. The molecule has 0 spiro atoms. The Bertz CT molecular complexity index is 1090. The van der Waals surface area contributed by atoms with E-state index in [1.54, 1.807) is 43.4 Å². The number of methoxy groups -OCH3 is 2. The van der Waals surface area contributed by atoms with Gasteiger partial charge in [-0.15, -0.1) is 0 Å². The van der Waals surface area contributed by atoms with Crippen LogP contribution in [0.15, 0.2) is 40.9 Å². The highest BCUT2D eigenvalue weighted by Gasteiger charge is 2.34. The number of benzene rings is 2. The van der Waals surface area contributed by atoms with Crippen LogP contribution in [-0.4, -0.2) is 41.7 Å². The van der Waals surface area contributed by atoms with Crippen LogP contribution in [0, 0.1) is 5.82 Å². The monoisotopic (exact) mass is 431 g/mol. The second-order valence-corrected chi connectivity index (χ2v) is 7.34. The van der Waals surface area contributed by atoms with E-state index in [1.807, 2.05) is 0 Å². The van der Waals surface area contributed by atoms with Crippen LogP contribution < -0.4 is 9.47 Å². The second kappa shape index (κ2) is 8.31. The third-order valence-electron chi connectivity index (χ3n) is 5.04. The van der Waals surface area contributed by atoms with Crippen molar-refractivity contribution >= 4 is 17.5 Å². The molecule has 1 aliphatic heterocycles. The zero-order valence-corrected chi connectivity index (χ0v) is 17.1. The molecule has 0 radical (unpaired) electrons. The summed E-state index contributed by atoms with van der Waals surface area (Å²) in [6, 6.07) is 9.43. The summed E-state index contributed by atoms with van der Waals surface area (Å²) in [5.74, 6) is 1.27. The van der Waals surface area contributed by atoms with E-state index in [1.165, 1.54) is 12.1 Å². The first kappa shape index (κ1) is 20.2. The normalized spacial score (nSPS) is 16.2. The van der Waals surface area contributed by atoms with E-state index in [-0.39, 0.29) is 18.2 Å². The van der Waals surface area contributed by atoms with E-state index in [0.29, 0.717) is 52.5 Å². The topological polar surface area (TPSA) is 77.7 Å². The Kier molecular flexibility index (Phi) is 5.59. The average molecular weight is 432 g/mol. The number of carbonyl (C=O) groups excluding carboxylic acids is 1. The predicted octanol–water partition coefficient (Wildman–Crippen LogP) is 4.06. The molecule has 1 fully saturated rings. The van der Waals surface area contributed by atoms with Gasteiger partial charge in [0.1, 0.15) is 17.3 Å². The van der Waals surface area contributed by atoms with Crippen molar-refractivity contribution in [3.63, 3.8) is 0 Å². The first-order chi connectivity index (χ1) is 14.5. The molecule has 2 heterocycles. The van der Waals surface area contributed by atoms with Crippen molar-refractivity contribution in [1.29, 1.82) is 0 Å². The summed E-state index contributed by atoms with van der Waals surface area (Å²) in [6.07, 6.45) is 0.261. The molecule has 1 aromatic heterocycles. The number of aromatic nitrogens is 2. The zero-order chi connectivity index (χ0) is 21.3. The molecule has 30 heavy (non-hydrogen) atoms.